The lowest BCUT2D eigenvalue weighted by Crippen LogP contribution is -2.40. The fourth-order valence-electron chi connectivity index (χ4n) is 3.97. The number of benzene rings is 1. The van der Waals surface area contributed by atoms with Crippen molar-refractivity contribution in [2.45, 2.75) is 32.6 Å². The van der Waals surface area contributed by atoms with Crippen molar-refractivity contribution in [3.8, 4) is 11.5 Å². The Morgan fingerprint density at radius 3 is 2.59 bits per heavy atom. The van der Waals surface area contributed by atoms with E-state index in [4.69, 9.17) is 19.2 Å². The van der Waals surface area contributed by atoms with E-state index >= 15 is 0 Å². The number of fused-ring (bicyclic) bond motifs is 3. The van der Waals surface area contributed by atoms with E-state index in [1.54, 1.807) is 14.2 Å². The predicted octanol–water partition coefficient (Wildman–Crippen LogP) is 2.43. The number of rotatable bonds is 9. The van der Waals surface area contributed by atoms with Crippen molar-refractivity contribution in [3.05, 3.63) is 18.0 Å². The smallest absolute Gasteiger partial charge is 0.222 e. The van der Waals surface area contributed by atoms with Gasteiger partial charge in [0.15, 0.2) is 17.3 Å². The topological polar surface area (TPSA) is 103 Å². The maximum absolute atomic E-state index is 12.2. The van der Waals surface area contributed by atoms with Gasteiger partial charge in [0.05, 0.1) is 38.5 Å². The van der Waals surface area contributed by atoms with Gasteiger partial charge in [-0.3, -0.25) is 9.20 Å². The Kier molecular flexibility index (Phi) is 6.89. The maximum Gasteiger partial charge on any atom is 0.222 e. The van der Waals surface area contributed by atoms with Crippen LogP contribution >= 0.6 is 0 Å². The van der Waals surface area contributed by atoms with Crippen LogP contribution in [-0.4, -0.2) is 77.5 Å². The van der Waals surface area contributed by atoms with Crippen LogP contribution in [-0.2, 0) is 9.53 Å². The molecule has 0 radical (unpaired) electrons. The van der Waals surface area contributed by atoms with E-state index in [-0.39, 0.29) is 5.91 Å². The number of hydrogen-bond donors (Lipinski definition) is 1. The van der Waals surface area contributed by atoms with Crippen molar-refractivity contribution in [2.24, 2.45) is 0 Å². The van der Waals surface area contributed by atoms with Crippen molar-refractivity contribution < 1.29 is 19.0 Å². The van der Waals surface area contributed by atoms with Crippen LogP contribution in [0.4, 0.5) is 5.82 Å². The minimum atomic E-state index is 0.225. The second-order valence-corrected chi connectivity index (χ2v) is 7.79. The lowest BCUT2D eigenvalue weighted by atomic mass is 10.1. The van der Waals surface area contributed by atoms with Crippen molar-refractivity contribution in [1.82, 2.24) is 24.5 Å². The number of ether oxygens (including phenoxy) is 3. The third-order valence-corrected chi connectivity index (χ3v) is 5.71. The highest BCUT2D eigenvalue weighted by atomic mass is 16.5. The number of nitrogens with zero attached hydrogens (tertiary/aromatic N) is 5. The first-order chi connectivity index (χ1) is 15.6. The second kappa shape index (κ2) is 9.99. The Labute approximate surface area is 186 Å². The number of carbonyl (C=O) groups excluding carboxylic acids is 1. The summed E-state index contributed by atoms with van der Waals surface area (Å²) in [4.78, 5) is 18.9. The summed E-state index contributed by atoms with van der Waals surface area (Å²) in [5, 5.41) is 11.9. The molecule has 3 aromatic rings. The Morgan fingerprint density at radius 2 is 1.84 bits per heavy atom. The number of nitrogens with one attached hydrogen (secondary N) is 1. The minimum Gasteiger partial charge on any atom is -0.493 e. The highest BCUT2D eigenvalue weighted by Gasteiger charge is 2.17. The van der Waals surface area contributed by atoms with Gasteiger partial charge in [0.1, 0.15) is 5.82 Å². The molecule has 172 valence electrons. The largest absolute Gasteiger partial charge is 0.493 e. The van der Waals surface area contributed by atoms with Gasteiger partial charge in [0.2, 0.25) is 11.6 Å². The van der Waals surface area contributed by atoms with Gasteiger partial charge >= 0.3 is 0 Å². The van der Waals surface area contributed by atoms with Gasteiger partial charge in [-0.2, -0.15) is 0 Å². The Morgan fingerprint density at radius 1 is 1.09 bits per heavy atom. The third kappa shape index (κ3) is 4.55. The van der Waals surface area contributed by atoms with E-state index in [1.165, 1.54) is 0 Å². The lowest BCUT2D eigenvalue weighted by molar-refractivity contribution is -0.135. The molecule has 0 aliphatic carbocycles. The van der Waals surface area contributed by atoms with Crippen molar-refractivity contribution in [3.63, 3.8) is 0 Å². The van der Waals surface area contributed by atoms with Crippen molar-refractivity contribution in [1.29, 1.82) is 0 Å². The molecule has 4 rings (SSSR count). The van der Waals surface area contributed by atoms with Gasteiger partial charge in [0.25, 0.3) is 0 Å². The van der Waals surface area contributed by atoms with Gasteiger partial charge in [-0.25, -0.2) is 4.98 Å². The molecule has 1 aromatic carbocycles. The number of methoxy groups -OCH3 is 2. The quantitative estimate of drug-likeness (QED) is 0.504. The summed E-state index contributed by atoms with van der Waals surface area (Å²) in [5.74, 6) is 2.92. The average molecular weight is 443 g/mol. The van der Waals surface area contributed by atoms with E-state index in [1.807, 2.05) is 28.4 Å². The molecule has 32 heavy (non-hydrogen) atoms. The molecule has 1 saturated heterocycles. The third-order valence-electron chi connectivity index (χ3n) is 5.71. The Bertz CT molecular complexity index is 1090. The number of aromatic nitrogens is 4. The molecule has 1 amide bonds. The number of unbranched alkanes of at least 4 members (excludes halogenated alkanes) is 2. The molecule has 2 aromatic heterocycles. The number of hydrogen-bond acceptors (Lipinski definition) is 8. The first-order valence-electron chi connectivity index (χ1n) is 11.0. The van der Waals surface area contributed by atoms with Gasteiger partial charge < -0.3 is 24.4 Å². The van der Waals surface area contributed by atoms with Crippen LogP contribution in [0.2, 0.25) is 0 Å². The number of aryl methyl sites for hydroxylation is 1. The SMILES string of the molecule is COc1cc2nc(NCCCCCC(=O)N3CCOCC3)c3nnc(C)n3c2cc1OC. The number of morpholine rings is 1. The summed E-state index contributed by atoms with van der Waals surface area (Å²) < 4.78 is 18.1. The number of amides is 1. The monoisotopic (exact) mass is 442 g/mol. The van der Waals surface area contributed by atoms with E-state index in [9.17, 15) is 4.79 Å². The molecule has 1 aliphatic rings. The zero-order chi connectivity index (χ0) is 22.5. The zero-order valence-electron chi connectivity index (χ0n) is 18.9. The molecular weight excluding hydrogens is 412 g/mol. The van der Waals surface area contributed by atoms with Crippen LogP contribution < -0.4 is 14.8 Å². The number of carbonyl (C=O) groups is 1. The van der Waals surface area contributed by atoms with Crippen LogP contribution in [0.25, 0.3) is 16.7 Å². The fourth-order valence-corrected chi connectivity index (χ4v) is 3.97. The fraction of sp³-hybridized carbons (Fsp3) is 0.545. The Balaban J connectivity index is 1.40. The average Bonchev–Trinajstić information content (AvgIpc) is 3.22. The molecular formula is C22H30N6O4. The molecule has 10 heteroatoms. The van der Waals surface area contributed by atoms with E-state index in [2.05, 4.69) is 15.5 Å². The zero-order valence-corrected chi connectivity index (χ0v) is 18.9. The highest BCUT2D eigenvalue weighted by molar-refractivity contribution is 5.85. The van der Waals surface area contributed by atoms with Crippen LogP contribution in [0.15, 0.2) is 12.1 Å². The predicted molar refractivity (Wildman–Crippen MR) is 120 cm³/mol. The summed E-state index contributed by atoms with van der Waals surface area (Å²) in [6, 6.07) is 3.75. The van der Waals surface area contributed by atoms with Crippen LogP contribution in [0.1, 0.15) is 31.5 Å². The Hall–Kier alpha value is -3.14. The first-order valence-corrected chi connectivity index (χ1v) is 11.0. The lowest BCUT2D eigenvalue weighted by Gasteiger charge is -2.26. The summed E-state index contributed by atoms with van der Waals surface area (Å²) in [7, 11) is 3.22. The molecule has 10 nitrogen and oxygen atoms in total. The molecule has 0 atom stereocenters. The molecule has 0 spiro atoms. The minimum absolute atomic E-state index is 0.225. The highest BCUT2D eigenvalue weighted by Crippen LogP contribution is 2.33. The summed E-state index contributed by atoms with van der Waals surface area (Å²) in [5.41, 5.74) is 2.29. The van der Waals surface area contributed by atoms with Gasteiger partial charge in [-0.05, 0) is 19.8 Å². The molecule has 0 bridgehead atoms. The normalized spacial score (nSPS) is 14.2. The molecule has 1 N–H and O–H groups in total. The van der Waals surface area contributed by atoms with Crippen molar-refractivity contribution in [2.75, 3.05) is 52.4 Å². The molecule has 1 fully saturated rings. The number of anilines is 1. The molecule has 3 heterocycles. The molecule has 0 unspecified atom stereocenters. The van der Waals surface area contributed by atoms with Gasteiger partial charge in [-0.1, -0.05) is 6.42 Å². The molecule has 1 aliphatic heterocycles. The summed E-state index contributed by atoms with van der Waals surface area (Å²) in [6.07, 6.45) is 3.36. The van der Waals surface area contributed by atoms with Crippen molar-refractivity contribution >= 4 is 28.4 Å². The van der Waals surface area contributed by atoms with Gasteiger partial charge in [0, 0.05) is 38.2 Å². The standard InChI is InChI=1S/C22H30N6O4/c1-15-25-26-22-21(23-8-6-4-5-7-20(29)27-9-11-32-12-10-27)24-16-13-18(30-2)19(31-3)14-17(16)28(15)22/h13-14H,4-12H2,1-3H3,(H,23,24). The molecule has 0 saturated carbocycles. The van der Waals surface area contributed by atoms with Crippen LogP contribution in [0.3, 0.4) is 0 Å². The summed E-state index contributed by atoms with van der Waals surface area (Å²) >= 11 is 0. The van der Waals surface area contributed by atoms with Crippen LogP contribution in [0.5, 0.6) is 11.5 Å². The van der Waals surface area contributed by atoms with Crippen LogP contribution in [0, 0.1) is 6.92 Å². The van der Waals surface area contributed by atoms with Gasteiger partial charge in [-0.15, -0.1) is 10.2 Å². The summed E-state index contributed by atoms with van der Waals surface area (Å²) in [6.45, 7) is 5.34. The maximum atomic E-state index is 12.2. The second-order valence-electron chi connectivity index (χ2n) is 7.79. The van der Waals surface area contributed by atoms with E-state index in [0.717, 1.165) is 42.7 Å². The first kappa shape index (κ1) is 22.1. The van der Waals surface area contributed by atoms with E-state index < -0.39 is 0 Å². The van der Waals surface area contributed by atoms with E-state index in [0.29, 0.717) is 55.7 Å².